The number of hydrogen-bond donors (Lipinski definition) is 1. The zero-order chi connectivity index (χ0) is 20.4. The van der Waals surface area contributed by atoms with Crippen molar-refractivity contribution in [3.05, 3.63) is 59.2 Å². The highest BCUT2D eigenvalue weighted by molar-refractivity contribution is 6.04. The van der Waals surface area contributed by atoms with Crippen LogP contribution in [0.4, 0.5) is 0 Å². The van der Waals surface area contributed by atoms with Crippen LogP contribution in [0.5, 0.6) is 11.5 Å². The number of hydrogen-bond acceptors (Lipinski definition) is 4. The molecule has 2 aromatic carbocycles. The van der Waals surface area contributed by atoms with Crippen LogP contribution in [0.25, 0.3) is 0 Å². The fraction of sp³-hybridized carbons (Fsp3) is 0.391. The maximum atomic E-state index is 13.0. The fourth-order valence-corrected chi connectivity index (χ4v) is 4.41. The number of nitrogens with zero attached hydrogens (tertiary/aromatic N) is 1. The second kappa shape index (κ2) is 8.25. The van der Waals surface area contributed by atoms with Crippen molar-refractivity contribution in [1.82, 2.24) is 4.90 Å². The molecule has 1 unspecified atom stereocenters. The molecule has 0 saturated carbocycles. The lowest BCUT2D eigenvalue weighted by molar-refractivity contribution is -0.930. The molecule has 2 aliphatic rings. The molecule has 6 nitrogen and oxygen atoms in total. The van der Waals surface area contributed by atoms with Gasteiger partial charge in [-0.25, -0.2) is 0 Å². The first-order valence-electron chi connectivity index (χ1n) is 10.1. The van der Waals surface area contributed by atoms with E-state index in [1.165, 1.54) is 10.5 Å². The molecule has 29 heavy (non-hydrogen) atoms. The van der Waals surface area contributed by atoms with Crippen LogP contribution >= 0.6 is 0 Å². The van der Waals surface area contributed by atoms with Crippen molar-refractivity contribution in [2.75, 3.05) is 27.3 Å². The standard InChI is InChI=1S/C23H26N2O4/c1-28-20-12-17-9-10-24(15-18(17)13-21(20)29-2)19-14-22(26)25(23(19)27)11-8-16-6-4-3-5-7-16/h3-7,12-13,19H,8-11,14-15H2,1-2H3/p+1/t19-/m0/s1. The number of imide groups is 1. The predicted molar refractivity (Wildman–Crippen MR) is 108 cm³/mol. The van der Waals surface area contributed by atoms with Crippen LogP contribution in [-0.4, -0.2) is 50.1 Å². The number of benzene rings is 2. The Morgan fingerprint density at radius 2 is 1.72 bits per heavy atom. The second-order valence-electron chi connectivity index (χ2n) is 7.69. The average Bonchev–Trinajstić information content (AvgIpc) is 3.04. The first-order valence-corrected chi connectivity index (χ1v) is 10.1. The van der Waals surface area contributed by atoms with Crippen LogP contribution in [0.3, 0.4) is 0 Å². The molecule has 1 N–H and O–H groups in total. The summed E-state index contributed by atoms with van der Waals surface area (Å²) in [5.74, 6) is 1.34. The van der Waals surface area contributed by atoms with Gasteiger partial charge in [0.05, 0.1) is 27.2 Å². The number of fused-ring (bicyclic) bond motifs is 1. The van der Waals surface area contributed by atoms with E-state index >= 15 is 0 Å². The summed E-state index contributed by atoms with van der Waals surface area (Å²) in [5.41, 5.74) is 3.52. The SMILES string of the molecule is COc1cc2c(cc1OC)C[NH+]([C@H]1CC(=O)N(CCc3ccccc3)C1=O)CC2. The van der Waals surface area contributed by atoms with Crippen LogP contribution < -0.4 is 14.4 Å². The number of ether oxygens (including phenoxy) is 2. The van der Waals surface area contributed by atoms with Gasteiger partial charge in [0.15, 0.2) is 17.5 Å². The van der Waals surface area contributed by atoms with E-state index in [1.54, 1.807) is 14.2 Å². The van der Waals surface area contributed by atoms with Gasteiger partial charge in [0.25, 0.3) is 5.91 Å². The van der Waals surface area contributed by atoms with Crippen molar-refractivity contribution in [1.29, 1.82) is 0 Å². The van der Waals surface area contributed by atoms with E-state index < -0.39 is 0 Å². The van der Waals surface area contributed by atoms with Crippen molar-refractivity contribution < 1.29 is 24.0 Å². The Balaban J connectivity index is 1.45. The number of carbonyl (C=O) groups is 2. The molecule has 0 spiro atoms. The predicted octanol–water partition coefficient (Wildman–Crippen LogP) is 1.02. The van der Waals surface area contributed by atoms with Gasteiger partial charge in [-0.2, -0.15) is 0 Å². The molecule has 2 amide bonds. The van der Waals surface area contributed by atoms with Gasteiger partial charge in [0.2, 0.25) is 5.91 Å². The molecule has 152 valence electrons. The van der Waals surface area contributed by atoms with Crippen LogP contribution in [0, 0.1) is 0 Å². The summed E-state index contributed by atoms with van der Waals surface area (Å²) >= 11 is 0. The van der Waals surface area contributed by atoms with Crippen molar-refractivity contribution in [3.8, 4) is 11.5 Å². The summed E-state index contributed by atoms with van der Waals surface area (Å²) in [6.45, 7) is 2.00. The fourth-order valence-electron chi connectivity index (χ4n) is 4.41. The molecule has 2 atom stereocenters. The smallest absolute Gasteiger partial charge is 0.288 e. The molecule has 4 rings (SSSR count). The molecular weight excluding hydrogens is 368 g/mol. The number of likely N-dealkylation sites (tertiary alicyclic amines) is 1. The third kappa shape index (κ3) is 3.85. The van der Waals surface area contributed by atoms with Gasteiger partial charge >= 0.3 is 0 Å². The number of nitrogens with one attached hydrogen (secondary N) is 1. The molecule has 6 heteroatoms. The molecule has 1 fully saturated rings. The topological polar surface area (TPSA) is 60.3 Å². The molecule has 0 bridgehead atoms. The van der Waals surface area contributed by atoms with Crippen molar-refractivity contribution in [3.63, 3.8) is 0 Å². The van der Waals surface area contributed by atoms with Gasteiger partial charge in [0.1, 0.15) is 6.54 Å². The minimum absolute atomic E-state index is 0.0372. The number of amides is 2. The van der Waals surface area contributed by atoms with Crippen LogP contribution in [0.2, 0.25) is 0 Å². The molecular formula is C23H27N2O4+. The first kappa shape index (κ1) is 19.5. The van der Waals surface area contributed by atoms with E-state index in [2.05, 4.69) is 0 Å². The van der Waals surface area contributed by atoms with E-state index in [4.69, 9.17) is 9.47 Å². The lowest BCUT2D eigenvalue weighted by atomic mass is 9.97. The molecule has 0 radical (unpaired) electrons. The highest BCUT2D eigenvalue weighted by Gasteiger charge is 2.45. The molecule has 0 aromatic heterocycles. The van der Waals surface area contributed by atoms with Crippen molar-refractivity contribution >= 4 is 11.8 Å². The van der Waals surface area contributed by atoms with Gasteiger partial charge in [-0.1, -0.05) is 30.3 Å². The van der Waals surface area contributed by atoms with Gasteiger partial charge < -0.3 is 14.4 Å². The largest absolute Gasteiger partial charge is 0.493 e. The van der Waals surface area contributed by atoms with Gasteiger partial charge in [-0.3, -0.25) is 14.5 Å². The third-order valence-corrected chi connectivity index (χ3v) is 6.04. The minimum Gasteiger partial charge on any atom is -0.493 e. The van der Waals surface area contributed by atoms with E-state index in [0.29, 0.717) is 31.7 Å². The summed E-state index contributed by atoms with van der Waals surface area (Å²) in [6, 6.07) is 13.7. The van der Waals surface area contributed by atoms with E-state index in [9.17, 15) is 9.59 Å². The number of methoxy groups -OCH3 is 2. The molecule has 0 aliphatic carbocycles. The van der Waals surface area contributed by atoms with E-state index in [0.717, 1.165) is 34.7 Å². The number of carbonyl (C=O) groups excluding carboxylic acids is 2. The Hall–Kier alpha value is -2.86. The number of rotatable bonds is 6. The van der Waals surface area contributed by atoms with Crippen LogP contribution in [-0.2, 0) is 29.0 Å². The second-order valence-corrected chi connectivity index (χ2v) is 7.69. The highest BCUT2D eigenvalue weighted by Crippen LogP contribution is 2.31. The monoisotopic (exact) mass is 395 g/mol. The Kier molecular flexibility index (Phi) is 5.53. The molecule has 2 aromatic rings. The average molecular weight is 395 g/mol. The van der Waals surface area contributed by atoms with Crippen LogP contribution in [0.1, 0.15) is 23.1 Å². The third-order valence-electron chi connectivity index (χ3n) is 6.04. The molecule has 2 heterocycles. The van der Waals surface area contributed by atoms with Gasteiger partial charge in [-0.05, 0) is 29.7 Å². The maximum Gasteiger partial charge on any atom is 0.288 e. The summed E-state index contributed by atoms with van der Waals surface area (Å²) in [4.78, 5) is 28.2. The van der Waals surface area contributed by atoms with Crippen molar-refractivity contribution in [2.24, 2.45) is 0 Å². The lowest BCUT2D eigenvalue weighted by Crippen LogP contribution is -3.16. The highest BCUT2D eigenvalue weighted by atomic mass is 16.5. The lowest BCUT2D eigenvalue weighted by Gasteiger charge is -2.30. The van der Waals surface area contributed by atoms with Crippen LogP contribution in [0.15, 0.2) is 42.5 Å². The zero-order valence-electron chi connectivity index (χ0n) is 16.9. The summed E-state index contributed by atoms with van der Waals surface area (Å²) in [6.07, 6.45) is 1.85. The Morgan fingerprint density at radius 3 is 2.41 bits per heavy atom. The Bertz CT molecular complexity index is 913. The normalized spacial score (nSPS) is 21.2. The summed E-state index contributed by atoms with van der Waals surface area (Å²) in [5, 5.41) is 0. The Morgan fingerprint density at radius 1 is 1.03 bits per heavy atom. The van der Waals surface area contributed by atoms with Gasteiger partial charge in [0, 0.05) is 18.5 Å². The van der Waals surface area contributed by atoms with E-state index in [-0.39, 0.29) is 17.9 Å². The van der Waals surface area contributed by atoms with Gasteiger partial charge in [-0.15, -0.1) is 0 Å². The summed E-state index contributed by atoms with van der Waals surface area (Å²) in [7, 11) is 3.26. The maximum absolute atomic E-state index is 13.0. The summed E-state index contributed by atoms with van der Waals surface area (Å²) < 4.78 is 10.8. The molecule has 1 saturated heterocycles. The van der Waals surface area contributed by atoms with Crippen molar-refractivity contribution in [2.45, 2.75) is 31.8 Å². The van der Waals surface area contributed by atoms with E-state index in [1.807, 2.05) is 42.5 Å². The molecule has 2 aliphatic heterocycles. The number of quaternary nitrogens is 1. The first-order chi connectivity index (χ1) is 14.1. The Labute approximate surface area is 171 Å². The zero-order valence-corrected chi connectivity index (χ0v) is 16.9. The minimum atomic E-state index is -0.292. The quantitative estimate of drug-likeness (QED) is 0.742.